The molecule has 0 unspecified atom stereocenters. The number of benzene rings is 2. The van der Waals surface area contributed by atoms with Crippen LogP contribution in [0.5, 0.6) is 0 Å². The second kappa shape index (κ2) is 9.11. The number of nitriles is 1. The molecule has 0 fully saturated rings. The van der Waals surface area contributed by atoms with E-state index >= 15 is 0 Å². The first-order valence-electron chi connectivity index (χ1n) is 8.20. The summed E-state index contributed by atoms with van der Waals surface area (Å²) in [5, 5.41) is 11.4. The Labute approximate surface area is 157 Å². The van der Waals surface area contributed by atoms with Crippen molar-refractivity contribution in [3.05, 3.63) is 71.3 Å². The molecule has 0 aliphatic carbocycles. The number of esters is 1. The summed E-state index contributed by atoms with van der Waals surface area (Å²) in [7, 11) is 0. The molecule has 6 heteroatoms. The highest BCUT2D eigenvalue weighted by Crippen LogP contribution is 2.11. The van der Waals surface area contributed by atoms with Gasteiger partial charge >= 0.3 is 5.97 Å². The Morgan fingerprint density at radius 1 is 1.07 bits per heavy atom. The number of nitrogens with zero attached hydrogens (tertiary/aromatic N) is 1. The minimum absolute atomic E-state index is 0.0655. The largest absolute Gasteiger partial charge is 0.449 e. The van der Waals surface area contributed by atoms with Crippen LogP contribution in [0.15, 0.2) is 54.6 Å². The zero-order valence-electron chi connectivity index (χ0n) is 14.9. The molecule has 2 rings (SSSR count). The van der Waals surface area contributed by atoms with Crippen LogP contribution in [0.4, 0.5) is 5.69 Å². The van der Waals surface area contributed by atoms with Crippen molar-refractivity contribution in [2.75, 3.05) is 5.32 Å². The fourth-order valence-electron chi connectivity index (χ4n) is 2.13. The molecule has 0 saturated carbocycles. The smallest absolute Gasteiger partial charge is 0.331 e. The Balaban J connectivity index is 1.88. The maximum atomic E-state index is 12.1. The lowest BCUT2D eigenvalue weighted by Crippen LogP contribution is -2.29. The van der Waals surface area contributed by atoms with Crippen LogP contribution < -0.4 is 5.32 Å². The molecule has 1 amide bonds. The second-order valence-electron chi connectivity index (χ2n) is 5.77. The zero-order valence-corrected chi connectivity index (χ0v) is 14.9. The van der Waals surface area contributed by atoms with Gasteiger partial charge in [0, 0.05) is 17.3 Å². The van der Waals surface area contributed by atoms with E-state index in [2.05, 4.69) is 5.32 Å². The van der Waals surface area contributed by atoms with E-state index in [4.69, 9.17) is 10.00 Å². The number of nitrogens with one attached hydrogen (secondary N) is 1. The van der Waals surface area contributed by atoms with E-state index in [1.54, 1.807) is 48.5 Å². The highest BCUT2D eigenvalue weighted by Gasteiger charge is 2.16. The summed E-state index contributed by atoms with van der Waals surface area (Å²) in [6, 6.07) is 15.1. The Bertz CT molecular complexity index is 907. The van der Waals surface area contributed by atoms with Crippen molar-refractivity contribution < 1.29 is 19.1 Å². The minimum Gasteiger partial charge on any atom is -0.449 e. The quantitative estimate of drug-likeness (QED) is 0.483. The fourth-order valence-corrected chi connectivity index (χ4v) is 2.13. The predicted molar refractivity (Wildman–Crippen MR) is 101 cm³/mol. The topological polar surface area (TPSA) is 96.3 Å². The molecule has 6 nitrogen and oxygen atoms in total. The van der Waals surface area contributed by atoms with E-state index in [0.29, 0.717) is 16.8 Å². The summed E-state index contributed by atoms with van der Waals surface area (Å²) in [6.45, 7) is 2.92. The molecular weight excluding hydrogens is 344 g/mol. The summed E-state index contributed by atoms with van der Waals surface area (Å²) >= 11 is 0. The van der Waals surface area contributed by atoms with Crippen molar-refractivity contribution in [1.29, 1.82) is 5.26 Å². The number of anilines is 1. The summed E-state index contributed by atoms with van der Waals surface area (Å²) in [6.07, 6.45) is 1.76. The van der Waals surface area contributed by atoms with Gasteiger partial charge in [0.25, 0.3) is 5.91 Å². The molecule has 1 atom stereocenters. The summed E-state index contributed by atoms with van der Waals surface area (Å²) in [4.78, 5) is 35.2. The van der Waals surface area contributed by atoms with E-state index in [-0.39, 0.29) is 5.78 Å². The number of hydrogen-bond donors (Lipinski definition) is 1. The van der Waals surface area contributed by atoms with Crippen LogP contribution in [-0.4, -0.2) is 23.8 Å². The first kappa shape index (κ1) is 19.6. The van der Waals surface area contributed by atoms with Gasteiger partial charge in [0.15, 0.2) is 11.9 Å². The second-order valence-corrected chi connectivity index (χ2v) is 5.77. The van der Waals surface area contributed by atoms with Crippen molar-refractivity contribution >= 4 is 29.4 Å². The number of amides is 1. The van der Waals surface area contributed by atoms with Crippen molar-refractivity contribution in [2.24, 2.45) is 0 Å². The summed E-state index contributed by atoms with van der Waals surface area (Å²) in [5.74, 6) is -1.20. The number of hydrogen-bond acceptors (Lipinski definition) is 5. The molecule has 1 N–H and O–H groups in total. The van der Waals surface area contributed by atoms with Gasteiger partial charge in [-0.3, -0.25) is 9.59 Å². The maximum Gasteiger partial charge on any atom is 0.331 e. The lowest BCUT2D eigenvalue weighted by atomic mass is 10.1. The molecule has 0 radical (unpaired) electrons. The van der Waals surface area contributed by atoms with Gasteiger partial charge in [-0.1, -0.05) is 12.1 Å². The third-order valence-corrected chi connectivity index (χ3v) is 3.67. The Morgan fingerprint density at radius 2 is 1.70 bits per heavy atom. The van der Waals surface area contributed by atoms with Crippen LogP contribution in [0.1, 0.15) is 35.3 Å². The number of ether oxygens (including phenoxy) is 1. The molecule has 136 valence electrons. The minimum atomic E-state index is -0.990. The van der Waals surface area contributed by atoms with Crippen LogP contribution in [0.3, 0.4) is 0 Å². The molecule has 27 heavy (non-hydrogen) atoms. The first-order valence-corrected chi connectivity index (χ1v) is 8.20. The van der Waals surface area contributed by atoms with Crippen molar-refractivity contribution in [2.45, 2.75) is 20.0 Å². The molecular formula is C21H18N2O4. The molecule has 0 aliphatic heterocycles. The highest BCUT2D eigenvalue weighted by molar-refractivity contribution is 5.98. The Hall–Kier alpha value is -3.72. The monoisotopic (exact) mass is 362 g/mol. The van der Waals surface area contributed by atoms with Gasteiger partial charge in [0.05, 0.1) is 11.6 Å². The van der Waals surface area contributed by atoms with Crippen LogP contribution in [-0.2, 0) is 14.3 Å². The lowest BCUT2D eigenvalue weighted by Gasteiger charge is -2.12. The normalized spacial score (nSPS) is 11.4. The zero-order chi connectivity index (χ0) is 19.8. The Kier molecular flexibility index (Phi) is 6.61. The fraction of sp³-hybridized carbons (Fsp3) is 0.143. The van der Waals surface area contributed by atoms with E-state index in [1.165, 1.54) is 26.0 Å². The SMILES string of the molecule is CC(=O)c1ccc(NC(=O)[C@@H](C)OC(=O)/C=C/c2ccc(C#N)cc2)cc1. The van der Waals surface area contributed by atoms with Crippen molar-refractivity contribution in [1.82, 2.24) is 0 Å². The molecule has 0 spiro atoms. The van der Waals surface area contributed by atoms with Gasteiger partial charge in [-0.2, -0.15) is 5.26 Å². The molecule has 2 aromatic carbocycles. The van der Waals surface area contributed by atoms with Crippen molar-refractivity contribution in [3.8, 4) is 6.07 Å². The standard InChI is InChI=1S/C21H18N2O4/c1-14(24)18-8-10-19(11-9-18)23-21(26)15(2)27-20(25)12-7-16-3-5-17(13-22)6-4-16/h3-12,15H,1-2H3,(H,23,26)/b12-7+/t15-/m1/s1. The molecule has 0 bridgehead atoms. The highest BCUT2D eigenvalue weighted by atomic mass is 16.5. The third-order valence-electron chi connectivity index (χ3n) is 3.67. The van der Waals surface area contributed by atoms with E-state index in [0.717, 1.165) is 5.56 Å². The van der Waals surface area contributed by atoms with Crippen LogP contribution in [0, 0.1) is 11.3 Å². The summed E-state index contributed by atoms with van der Waals surface area (Å²) in [5.41, 5.74) is 2.30. The van der Waals surface area contributed by atoms with Gasteiger partial charge in [-0.25, -0.2) is 4.79 Å². The lowest BCUT2D eigenvalue weighted by molar-refractivity contribution is -0.148. The number of carbonyl (C=O) groups is 3. The van der Waals surface area contributed by atoms with Gasteiger partial charge in [0.2, 0.25) is 0 Å². The van der Waals surface area contributed by atoms with E-state index in [1.807, 2.05) is 6.07 Å². The molecule has 0 heterocycles. The molecule has 2 aromatic rings. The summed E-state index contributed by atoms with van der Waals surface area (Å²) < 4.78 is 5.07. The van der Waals surface area contributed by atoms with E-state index in [9.17, 15) is 14.4 Å². The Morgan fingerprint density at radius 3 is 2.26 bits per heavy atom. The average Bonchev–Trinajstić information content (AvgIpc) is 2.67. The van der Waals surface area contributed by atoms with Crippen molar-refractivity contribution in [3.63, 3.8) is 0 Å². The van der Waals surface area contributed by atoms with Gasteiger partial charge in [-0.15, -0.1) is 0 Å². The maximum absolute atomic E-state index is 12.1. The third kappa shape index (κ3) is 5.94. The first-order chi connectivity index (χ1) is 12.9. The number of ketones is 1. The van der Waals surface area contributed by atoms with Crippen LogP contribution in [0.25, 0.3) is 6.08 Å². The number of rotatable bonds is 6. The number of carbonyl (C=O) groups excluding carboxylic acids is 3. The van der Waals surface area contributed by atoms with Gasteiger partial charge in [-0.05, 0) is 61.9 Å². The molecule has 0 aliphatic rings. The number of Topliss-reactive ketones (excluding diaryl/α,β-unsaturated/α-hetero) is 1. The van der Waals surface area contributed by atoms with Crippen LogP contribution >= 0.6 is 0 Å². The van der Waals surface area contributed by atoms with Crippen LogP contribution in [0.2, 0.25) is 0 Å². The van der Waals surface area contributed by atoms with Gasteiger partial charge in [0.1, 0.15) is 0 Å². The molecule has 0 aromatic heterocycles. The molecule has 0 saturated heterocycles. The predicted octanol–water partition coefficient (Wildman–Crippen LogP) is 3.34. The average molecular weight is 362 g/mol. The van der Waals surface area contributed by atoms with E-state index < -0.39 is 18.0 Å². The van der Waals surface area contributed by atoms with Gasteiger partial charge < -0.3 is 10.1 Å².